The van der Waals surface area contributed by atoms with E-state index in [9.17, 15) is 0 Å². The number of hydrogen-bond acceptors (Lipinski definition) is 4. The molecule has 0 amide bonds. The normalized spacial score (nSPS) is 21.5. The molecule has 106 valence electrons. The van der Waals surface area contributed by atoms with Gasteiger partial charge in [0.2, 0.25) is 0 Å². The van der Waals surface area contributed by atoms with Gasteiger partial charge in [0.25, 0.3) is 0 Å². The first-order chi connectivity index (χ1) is 9.13. The Balaban J connectivity index is 2.28. The van der Waals surface area contributed by atoms with E-state index in [1.807, 2.05) is 0 Å². The van der Waals surface area contributed by atoms with E-state index in [2.05, 4.69) is 42.8 Å². The third-order valence-electron chi connectivity index (χ3n) is 3.86. The fourth-order valence-electron chi connectivity index (χ4n) is 2.79. The average molecular weight is 262 g/mol. The van der Waals surface area contributed by atoms with E-state index in [0.29, 0.717) is 12.6 Å². The van der Waals surface area contributed by atoms with Gasteiger partial charge in [-0.25, -0.2) is 4.98 Å². The van der Waals surface area contributed by atoms with Gasteiger partial charge in [-0.1, -0.05) is 6.92 Å². The van der Waals surface area contributed by atoms with E-state index in [1.165, 1.54) is 12.0 Å². The van der Waals surface area contributed by atoms with Crippen molar-refractivity contribution in [2.45, 2.75) is 39.3 Å². The number of pyridine rings is 1. The maximum Gasteiger partial charge on any atom is 0.129 e. The molecule has 2 N–H and O–H groups in total. The van der Waals surface area contributed by atoms with Crippen LogP contribution in [0.15, 0.2) is 12.1 Å². The Morgan fingerprint density at radius 3 is 2.84 bits per heavy atom. The lowest BCUT2D eigenvalue weighted by atomic mass is 10.1. The van der Waals surface area contributed by atoms with Gasteiger partial charge in [0.05, 0.1) is 0 Å². The Hall–Kier alpha value is -1.13. The van der Waals surface area contributed by atoms with Crippen molar-refractivity contribution in [1.29, 1.82) is 0 Å². The summed E-state index contributed by atoms with van der Waals surface area (Å²) in [6.45, 7) is 8.35. The van der Waals surface area contributed by atoms with Crippen molar-refractivity contribution < 1.29 is 0 Å². The first-order valence-corrected chi connectivity index (χ1v) is 7.29. The molecule has 4 heteroatoms. The van der Waals surface area contributed by atoms with Crippen molar-refractivity contribution in [2.24, 2.45) is 5.73 Å². The van der Waals surface area contributed by atoms with Crippen molar-refractivity contribution >= 4 is 5.82 Å². The molecule has 1 atom stereocenters. The first kappa shape index (κ1) is 14.3. The predicted molar refractivity (Wildman–Crippen MR) is 80.4 cm³/mol. The molecule has 1 aliphatic rings. The first-order valence-electron chi connectivity index (χ1n) is 7.29. The molecule has 1 aromatic rings. The van der Waals surface area contributed by atoms with Crippen LogP contribution in [0.4, 0.5) is 5.82 Å². The summed E-state index contributed by atoms with van der Waals surface area (Å²) in [5.74, 6) is 1.10. The molecule has 0 aromatic carbocycles. The van der Waals surface area contributed by atoms with Gasteiger partial charge in [-0.05, 0) is 51.1 Å². The zero-order valence-corrected chi connectivity index (χ0v) is 12.4. The van der Waals surface area contributed by atoms with Crippen LogP contribution in [0.2, 0.25) is 0 Å². The van der Waals surface area contributed by atoms with E-state index in [1.54, 1.807) is 0 Å². The highest BCUT2D eigenvalue weighted by Crippen LogP contribution is 2.20. The summed E-state index contributed by atoms with van der Waals surface area (Å²) < 4.78 is 0. The van der Waals surface area contributed by atoms with E-state index in [4.69, 9.17) is 10.7 Å². The summed E-state index contributed by atoms with van der Waals surface area (Å²) in [6.07, 6.45) is 2.15. The van der Waals surface area contributed by atoms with Crippen molar-refractivity contribution in [3.05, 3.63) is 23.4 Å². The van der Waals surface area contributed by atoms with Crippen LogP contribution < -0.4 is 10.6 Å². The van der Waals surface area contributed by atoms with Crippen molar-refractivity contribution in [2.75, 3.05) is 31.6 Å². The van der Waals surface area contributed by atoms with Crippen molar-refractivity contribution in [1.82, 2.24) is 9.88 Å². The predicted octanol–water partition coefficient (Wildman–Crippen LogP) is 1.63. The smallest absolute Gasteiger partial charge is 0.129 e. The molecule has 4 nitrogen and oxygen atoms in total. The lowest BCUT2D eigenvalue weighted by molar-refractivity contribution is 0.337. The molecule has 1 saturated heterocycles. The minimum atomic E-state index is 0.498. The summed E-state index contributed by atoms with van der Waals surface area (Å²) in [4.78, 5) is 9.63. The Morgan fingerprint density at radius 1 is 1.37 bits per heavy atom. The number of rotatable bonds is 3. The highest BCUT2D eigenvalue weighted by atomic mass is 15.3. The third kappa shape index (κ3) is 3.45. The molecule has 0 aliphatic carbocycles. The van der Waals surface area contributed by atoms with Gasteiger partial charge in [-0.2, -0.15) is 0 Å². The zero-order valence-electron chi connectivity index (χ0n) is 12.4. The maximum atomic E-state index is 5.80. The number of likely N-dealkylation sites (N-methyl/N-ethyl adjacent to an activating group) is 1. The van der Waals surface area contributed by atoms with Crippen LogP contribution in [-0.2, 0) is 13.0 Å². The highest BCUT2D eigenvalue weighted by molar-refractivity contribution is 5.44. The summed E-state index contributed by atoms with van der Waals surface area (Å²) >= 11 is 0. The number of nitrogens with two attached hydrogens (primary N) is 1. The quantitative estimate of drug-likeness (QED) is 0.899. The van der Waals surface area contributed by atoms with Gasteiger partial charge in [-0.3, -0.25) is 0 Å². The standard InChI is InChI=1S/C15H26N4/c1-4-14-8-13(10-16)9-15(17-14)19-7-5-6-18(3)11-12(19)2/h8-9,12H,4-7,10-11,16H2,1-3H3. The van der Waals surface area contributed by atoms with Gasteiger partial charge >= 0.3 is 0 Å². The van der Waals surface area contributed by atoms with Gasteiger partial charge in [0.15, 0.2) is 0 Å². The Bertz CT molecular complexity index is 396. The SMILES string of the molecule is CCc1cc(CN)cc(N2CCCN(C)CC2C)n1. The highest BCUT2D eigenvalue weighted by Gasteiger charge is 2.21. The van der Waals surface area contributed by atoms with Crippen LogP contribution >= 0.6 is 0 Å². The van der Waals surface area contributed by atoms with Gasteiger partial charge in [0, 0.05) is 31.4 Å². The largest absolute Gasteiger partial charge is 0.353 e. The number of anilines is 1. The molecule has 19 heavy (non-hydrogen) atoms. The van der Waals surface area contributed by atoms with Gasteiger partial charge in [0.1, 0.15) is 5.82 Å². The molecule has 1 aromatic heterocycles. The summed E-state index contributed by atoms with van der Waals surface area (Å²) in [6, 6.07) is 4.77. The van der Waals surface area contributed by atoms with Crippen LogP contribution in [0.1, 0.15) is 31.5 Å². The molecular weight excluding hydrogens is 236 g/mol. The Labute approximate surface area is 116 Å². The number of aryl methyl sites for hydroxylation is 1. The number of aromatic nitrogens is 1. The molecule has 1 unspecified atom stereocenters. The average Bonchev–Trinajstić information content (AvgIpc) is 2.58. The molecule has 0 radical (unpaired) electrons. The van der Waals surface area contributed by atoms with Crippen molar-refractivity contribution in [3.63, 3.8) is 0 Å². The minimum Gasteiger partial charge on any atom is -0.353 e. The molecule has 0 saturated carbocycles. The third-order valence-corrected chi connectivity index (χ3v) is 3.86. The van der Waals surface area contributed by atoms with Crippen LogP contribution in [0, 0.1) is 0 Å². The molecular formula is C15H26N4. The molecule has 0 spiro atoms. The summed E-state index contributed by atoms with van der Waals surface area (Å²) in [5, 5.41) is 0. The topological polar surface area (TPSA) is 45.4 Å². The second-order valence-corrected chi connectivity index (χ2v) is 5.54. The molecule has 0 bridgehead atoms. The molecule has 1 aliphatic heterocycles. The lowest BCUT2D eigenvalue weighted by Crippen LogP contribution is -2.38. The summed E-state index contributed by atoms with van der Waals surface area (Å²) in [7, 11) is 2.20. The Kier molecular flexibility index (Phi) is 4.77. The molecule has 2 rings (SSSR count). The van der Waals surface area contributed by atoms with Gasteiger partial charge < -0.3 is 15.5 Å². The fourth-order valence-corrected chi connectivity index (χ4v) is 2.79. The molecule has 2 heterocycles. The lowest BCUT2D eigenvalue weighted by Gasteiger charge is -2.29. The van der Waals surface area contributed by atoms with Crippen LogP contribution in [0.3, 0.4) is 0 Å². The van der Waals surface area contributed by atoms with E-state index < -0.39 is 0 Å². The van der Waals surface area contributed by atoms with E-state index >= 15 is 0 Å². The van der Waals surface area contributed by atoms with Crippen LogP contribution in [0.5, 0.6) is 0 Å². The second kappa shape index (κ2) is 6.35. The zero-order chi connectivity index (χ0) is 13.8. The maximum absolute atomic E-state index is 5.80. The second-order valence-electron chi connectivity index (χ2n) is 5.54. The number of nitrogens with zero attached hydrogens (tertiary/aromatic N) is 3. The van der Waals surface area contributed by atoms with Gasteiger partial charge in [-0.15, -0.1) is 0 Å². The van der Waals surface area contributed by atoms with E-state index in [-0.39, 0.29) is 0 Å². The van der Waals surface area contributed by atoms with Crippen LogP contribution in [-0.4, -0.2) is 42.6 Å². The minimum absolute atomic E-state index is 0.498. The number of hydrogen-bond donors (Lipinski definition) is 1. The monoisotopic (exact) mass is 262 g/mol. The van der Waals surface area contributed by atoms with E-state index in [0.717, 1.165) is 37.6 Å². The Morgan fingerprint density at radius 2 is 2.16 bits per heavy atom. The molecule has 1 fully saturated rings. The fraction of sp³-hybridized carbons (Fsp3) is 0.667. The summed E-state index contributed by atoms with van der Waals surface area (Å²) in [5.41, 5.74) is 8.13. The van der Waals surface area contributed by atoms with Crippen molar-refractivity contribution in [3.8, 4) is 0 Å². The van der Waals surface area contributed by atoms with Crippen LogP contribution in [0.25, 0.3) is 0 Å².